The minimum atomic E-state index is -2.53. The highest BCUT2D eigenvalue weighted by Crippen LogP contribution is 2.23. The maximum atomic E-state index is 12.0. The van der Waals surface area contributed by atoms with Crippen LogP contribution in [0.4, 0.5) is 8.78 Å². The van der Waals surface area contributed by atoms with E-state index in [0.29, 0.717) is 8.59 Å². The first kappa shape index (κ1) is 9.12. The molecule has 0 aromatic carbocycles. The molecule has 11 heavy (non-hydrogen) atoms. The van der Waals surface area contributed by atoms with Crippen LogP contribution in [0.5, 0.6) is 0 Å². The molecule has 0 saturated carbocycles. The molecule has 1 rings (SSSR count). The lowest BCUT2D eigenvalue weighted by Crippen LogP contribution is -1.93. The van der Waals surface area contributed by atoms with Gasteiger partial charge in [-0.25, -0.2) is 8.78 Å². The van der Waals surface area contributed by atoms with Crippen LogP contribution in [0, 0.1) is 3.57 Å². The smallest absolute Gasteiger partial charge is 0.253 e. The Morgan fingerprint density at radius 1 is 1.55 bits per heavy atom. The van der Waals surface area contributed by atoms with Gasteiger partial charge in [0.1, 0.15) is 5.69 Å². The van der Waals surface area contributed by atoms with Crippen LogP contribution in [0.1, 0.15) is 12.1 Å². The van der Waals surface area contributed by atoms with Gasteiger partial charge in [0.15, 0.2) is 0 Å². The molecule has 5 heteroatoms. The summed E-state index contributed by atoms with van der Waals surface area (Å²) in [4.78, 5) is 3.49. The Labute approximate surface area is 80.9 Å². The van der Waals surface area contributed by atoms with Gasteiger partial charge in [0.05, 0.1) is 5.02 Å². The van der Waals surface area contributed by atoms with Crippen molar-refractivity contribution in [2.75, 3.05) is 0 Å². The molecule has 0 amide bonds. The van der Waals surface area contributed by atoms with Gasteiger partial charge in [0.25, 0.3) is 6.43 Å². The summed E-state index contributed by atoms with van der Waals surface area (Å²) in [5.74, 6) is 0. The van der Waals surface area contributed by atoms with Gasteiger partial charge in [-0.2, -0.15) is 0 Å². The topological polar surface area (TPSA) is 12.9 Å². The van der Waals surface area contributed by atoms with Gasteiger partial charge in [-0.05, 0) is 28.7 Å². The van der Waals surface area contributed by atoms with Gasteiger partial charge >= 0.3 is 0 Å². The Morgan fingerprint density at radius 2 is 2.18 bits per heavy atom. The average molecular weight is 289 g/mol. The number of hydrogen-bond acceptors (Lipinski definition) is 1. The molecule has 0 spiro atoms. The fraction of sp³-hybridized carbons (Fsp3) is 0.167. The van der Waals surface area contributed by atoms with Crippen molar-refractivity contribution in [2.45, 2.75) is 6.43 Å². The number of nitrogens with zero attached hydrogens (tertiary/aromatic N) is 1. The number of hydrogen-bond donors (Lipinski definition) is 0. The molecule has 0 unspecified atom stereocenters. The van der Waals surface area contributed by atoms with E-state index in [1.54, 1.807) is 22.6 Å². The first-order chi connectivity index (χ1) is 5.11. The third-order valence-corrected chi connectivity index (χ3v) is 2.11. The van der Waals surface area contributed by atoms with E-state index in [0.717, 1.165) is 0 Å². The molecule has 0 bridgehead atoms. The fourth-order valence-electron chi connectivity index (χ4n) is 0.586. The third-order valence-electron chi connectivity index (χ3n) is 1.04. The van der Waals surface area contributed by atoms with E-state index in [9.17, 15) is 8.78 Å². The highest BCUT2D eigenvalue weighted by Gasteiger charge is 2.12. The molecule has 0 atom stereocenters. The van der Waals surface area contributed by atoms with Crippen molar-refractivity contribution in [3.05, 3.63) is 26.5 Å². The number of alkyl halides is 2. The lowest BCUT2D eigenvalue weighted by molar-refractivity contribution is 0.145. The minimum Gasteiger partial charge on any atom is -0.253 e. The van der Waals surface area contributed by atoms with E-state index in [1.807, 2.05) is 0 Å². The second kappa shape index (κ2) is 3.62. The molecule has 1 nitrogen and oxygen atoms in total. The highest BCUT2D eigenvalue weighted by atomic mass is 127. The average Bonchev–Trinajstić information content (AvgIpc) is 1.85. The molecule has 1 aromatic rings. The molecular weight excluding hydrogens is 286 g/mol. The van der Waals surface area contributed by atoms with Gasteiger partial charge in [0.2, 0.25) is 0 Å². The van der Waals surface area contributed by atoms with Crippen LogP contribution in [0.25, 0.3) is 0 Å². The first-order valence-corrected chi connectivity index (χ1v) is 4.16. The molecule has 0 aliphatic rings. The number of rotatable bonds is 1. The first-order valence-electron chi connectivity index (χ1n) is 2.70. The molecule has 0 fully saturated rings. The van der Waals surface area contributed by atoms with Crippen molar-refractivity contribution in [1.29, 1.82) is 0 Å². The van der Waals surface area contributed by atoms with Crippen molar-refractivity contribution in [2.24, 2.45) is 0 Å². The van der Waals surface area contributed by atoms with Crippen LogP contribution >= 0.6 is 34.2 Å². The van der Waals surface area contributed by atoms with E-state index in [2.05, 4.69) is 4.98 Å². The summed E-state index contributed by atoms with van der Waals surface area (Å²) >= 11 is 7.28. The Kier molecular flexibility index (Phi) is 3.00. The minimum absolute atomic E-state index is 0.213. The Bertz CT molecular complexity index is 267. The van der Waals surface area contributed by atoms with E-state index >= 15 is 0 Å². The summed E-state index contributed by atoms with van der Waals surface area (Å²) in [7, 11) is 0. The Balaban J connectivity index is 3.09. The second-order valence-corrected chi connectivity index (χ2v) is 3.42. The summed E-state index contributed by atoms with van der Waals surface area (Å²) in [6, 6.07) is 1.45. The van der Waals surface area contributed by atoms with Crippen molar-refractivity contribution < 1.29 is 8.78 Å². The van der Waals surface area contributed by atoms with Crippen molar-refractivity contribution in [1.82, 2.24) is 4.98 Å². The predicted octanol–water partition coefficient (Wildman–Crippen LogP) is 3.28. The quantitative estimate of drug-likeness (QED) is 0.723. The number of pyridine rings is 1. The maximum Gasteiger partial charge on any atom is 0.281 e. The third kappa shape index (κ3) is 2.23. The predicted molar refractivity (Wildman–Crippen MR) is 46.9 cm³/mol. The zero-order valence-electron chi connectivity index (χ0n) is 5.19. The van der Waals surface area contributed by atoms with Gasteiger partial charge in [0, 0.05) is 9.77 Å². The molecule has 0 aliphatic carbocycles. The summed E-state index contributed by atoms with van der Waals surface area (Å²) < 4.78 is 24.5. The Hall–Kier alpha value is 0.0300. The molecule has 0 saturated heterocycles. The van der Waals surface area contributed by atoms with Crippen LogP contribution in [0.15, 0.2) is 12.3 Å². The summed E-state index contributed by atoms with van der Waals surface area (Å²) in [5, 5.41) is 0.374. The van der Waals surface area contributed by atoms with Crippen LogP contribution in [0.3, 0.4) is 0 Å². The zero-order valence-corrected chi connectivity index (χ0v) is 8.10. The van der Waals surface area contributed by atoms with Gasteiger partial charge < -0.3 is 0 Å². The lowest BCUT2D eigenvalue weighted by atomic mass is 10.4. The molecule has 60 valence electrons. The van der Waals surface area contributed by atoms with Crippen LogP contribution in [-0.2, 0) is 0 Å². The summed E-state index contributed by atoms with van der Waals surface area (Å²) in [6.45, 7) is 0. The number of aromatic nitrogens is 1. The SMILES string of the molecule is FC(F)c1ncc(Cl)cc1I. The van der Waals surface area contributed by atoms with Crippen LogP contribution in [0.2, 0.25) is 5.02 Å². The standard InChI is InChI=1S/C6H3ClF2IN/c7-3-1-4(10)5(6(8)9)11-2-3/h1-2,6H. The Morgan fingerprint density at radius 3 is 2.64 bits per heavy atom. The van der Waals surface area contributed by atoms with Crippen molar-refractivity contribution >= 4 is 34.2 Å². The van der Waals surface area contributed by atoms with Crippen LogP contribution in [-0.4, -0.2) is 4.98 Å². The molecule has 0 N–H and O–H groups in total. The van der Waals surface area contributed by atoms with Gasteiger partial charge in [-0.15, -0.1) is 0 Å². The zero-order chi connectivity index (χ0) is 8.43. The monoisotopic (exact) mass is 289 g/mol. The molecule has 0 radical (unpaired) electrons. The summed E-state index contributed by atoms with van der Waals surface area (Å²) in [5.41, 5.74) is -0.213. The van der Waals surface area contributed by atoms with Gasteiger partial charge in [-0.3, -0.25) is 4.98 Å². The van der Waals surface area contributed by atoms with Gasteiger partial charge in [-0.1, -0.05) is 11.6 Å². The summed E-state index contributed by atoms with van der Waals surface area (Å²) in [6.07, 6.45) is -1.32. The second-order valence-electron chi connectivity index (χ2n) is 1.82. The number of halogens is 4. The molecule has 0 aliphatic heterocycles. The maximum absolute atomic E-state index is 12.0. The van der Waals surface area contributed by atoms with E-state index < -0.39 is 6.43 Å². The normalized spacial score (nSPS) is 10.6. The van der Waals surface area contributed by atoms with Crippen LogP contribution < -0.4 is 0 Å². The lowest BCUT2D eigenvalue weighted by Gasteiger charge is -2.00. The fourth-order valence-corrected chi connectivity index (χ4v) is 1.64. The van der Waals surface area contributed by atoms with E-state index in [4.69, 9.17) is 11.6 Å². The van der Waals surface area contributed by atoms with E-state index in [1.165, 1.54) is 12.3 Å². The molecule has 1 heterocycles. The van der Waals surface area contributed by atoms with Crippen molar-refractivity contribution in [3.63, 3.8) is 0 Å². The largest absolute Gasteiger partial charge is 0.281 e. The van der Waals surface area contributed by atoms with Crippen molar-refractivity contribution in [3.8, 4) is 0 Å². The van der Waals surface area contributed by atoms with E-state index in [-0.39, 0.29) is 5.69 Å². The molecule has 1 aromatic heterocycles. The molecular formula is C6H3ClF2IN. The highest BCUT2D eigenvalue weighted by molar-refractivity contribution is 14.1.